The lowest BCUT2D eigenvalue weighted by atomic mass is 10.0. The van der Waals surface area contributed by atoms with Gasteiger partial charge in [0.2, 0.25) is 0 Å². The Balaban J connectivity index is 2.58. The SMILES string of the molecule is N=C(S)c1ncccc1-c1ccccc1. The third-order valence-electron chi connectivity index (χ3n) is 2.12. The summed E-state index contributed by atoms with van der Waals surface area (Å²) in [5, 5.41) is 7.72. The molecule has 0 radical (unpaired) electrons. The third kappa shape index (κ3) is 2.07. The van der Waals surface area contributed by atoms with Crippen LogP contribution in [-0.4, -0.2) is 10.0 Å². The van der Waals surface area contributed by atoms with Crippen LogP contribution in [0.2, 0.25) is 0 Å². The molecule has 0 aliphatic carbocycles. The van der Waals surface area contributed by atoms with Gasteiger partial charge in [-0.15, -0.1) is 12.6 Å². The molecule has 2 nitrogen and oxygen atoms in total. The molecular formula is C12H10N2S. The van der Waals surface area contributed by atoms with Crippen molar-refractivity contribution < 1.29 is 0 Å². The lowest BCUT2D eigenvalue weighted by molar-refractivity contribution is 1.29. The van der Waals surface area contributed by atoms with Crippen molar-refractivity contribution in [3.63, 3.8) is 0 Å². The van der Waals surface area contributed by atoms with Gasteiger partial charge in [-0.1, -0.05) is 36.4 Å². The Morgan fingerprint density at radius 2 is 1.80 bits per heavy atom. The summed E-state index contributed by atoms with van der Waals surface area (Å²) >= 11 is 4.03. The molecule has 0 saturated heterocycles. The molecule has 0 atom stereocenters. The Hall–Kier alpha value is -1.61. The Morgan fingerprint density at radius 1 is 1.07 bits per heavy atom. The molecule has 74 valence electrons. The molecule has 0 fully saturated rings. The highest BCUT2D eigenvalue weighted by molar-refractivity contribution is 7.97. The summed E-state index contributed by atoms with van der Waals surface area (Å²) in [6.07, 6.45) is 1.67. The summed E-state index contributed by atoms with van der Waals surface area (Å²) in [5.74, 6) is 0. The number of pyridine rings is 1. The van der Waals surface area contributed by atoms with E-state index in [2.05, 4.69) is 17.6 Å². The minimum atomic E-state index is 0.189. The van der Waals surface area contributed by atoms with Crippen LogP contribution in [-0.2, 0) is 0 Å². The first-order valence-corrected chi connectivity index (χ1v) is 5.02. The highest BCUT2D eigenvalue weighted by Gasteiger charge is 2.07. The number of nitrogens with zero attached hydrogens (tertiary/aromatic N) is 1. The van der Waals surface area contributed by atoms with Crippen LogP contribution in [0.3, 0.4) is 0 Å². The van der Waals surface area contributed by atoms with Crippen LogP contribution < -0.4 is 0 Å². The summed E-state index contributed by atoms with van der Waals surface area (Å²) < 4.78 is 0. The molecule has 2 rings (SSSR count). The monoisotopic (exact) mass is 214 g/mol. The second kappa shape index (κ2) is 4.28. The molecule has 1 heterocycles. The fraction of sp³-hybridized carbons (Fsp3) is 0. The molecule has 0 aliphatic heterocycles. The third-order valence-corrected chi connectivity index (χ3v) is 2.33. The Morgan fingerprint density at radius 3 is 2.47 bits per heavy atom. The van der Waals surface area contributed by atoms with E-state index in [1.807, 2.05) is 42.5 Å². The van der Waals surface area contributed by atoms with Crippen molar-refractivity contribution in [2.75, 3.05) is 0 Å². The van der Waals surface area contributed by atoms with Gasteiger partial charge in [-0.25, -0.2) is 0 Å². The standard InChI is InChI=1S/C12H10N2S/c13-12(15)11-10(7-4-8-14-11)9-5-2-1-3-6-9/h1-8H,(H2,13,15). The summed E-state index contributed by atoms with van der Waals surface area (Å²) in [6, 6.07) is 13.7. The smallest absolute Gasteiger partial charge is 0.111 e. The topological polar surface area (TPSA) is 36.7 Å². The van der Waals surface area contributed by atoms with Gasteiger partial charge in [-0.2, -0.15) is 0 Å². The van der Waals surface area contributed by atoms with Crippen LogP contribution in [0.1, 0.15) is 5.69 Å². The predicted octanol–water partition coefficient (Wildman–Crippen LogP) is 3.00. The van der Waals surface area contributed by atoms with Gasteiger partial charge in [0.15, 0.2) is 0 Å². The Bertz CT molecular complexity index is 480. The molecule has 15 heavy (non-hydrogen) atoms. The van der Waals surface area contributed by atoms with E-state index in [9.17, 15) is 0 Å². The predicted molar refractivity (Wildman–Crippen MR) is 65.5 cm³/mol. The van der Waals surface area contributed by atoms with Crippen molar-refractivity contribution in [1.29, 1.82) is 5.41 Å². The maximum Gasteiger partial charge on any atom is 0.111 e. The minimum absolute atomic E-state index is 0.189. The van der Waals surface area contributed by atoms with Crippen LogP contribution >= 0.6 is 12.6 Å². The zero-order chi connectivity index (χ0) is 10.7. The lowest BCUT2D eigenvalue weighted by Gasteiger charge is -2.05. The van der Waals surface area contributed by atoms with Gasteiger partial charge in [-0.3, -0.25) is 10.4 Å². The zero-order valence-corrected chi connectivity index (χ0v) is 8.91. The average Bonchev–Trinajstić information content (AvgIpc) is 2.30. The van der Waals surface area contributed by atoms with E-state index < -0.39 is 0 Å². The van der Waals surface area contributed by atoms with Crippen LogP contribution in [0.4, 0.5) is 0 Å². The summed E-state index contributed by atoms with van der Waals surface area (Å²) in [6.45, 7) is 0. The van der Waals surface area contributed by atoms with Crippen molar-refractivity contribution in [3.05, 3.63) is 54.4 Å². The van der Waals surface area contributed by atoms with Crippen molar-refractivity contribution in [3.8, 4) is 11.1 Å². The van der Waals surface area contributed by atoms with Crippen molar-refractivity contribution >= 4 is 17.7 Å². The van der Waals surface area contributed by atoms with Gasteiger partial charge in [0, 0.05) is 11.8 Å². The molecule has 0 amide bonds. The molecular weight excluding hydrogens is 204 g/mol. The molecule has 2 aromatic rings. The van der Waals surface area contributed by atoms with E-state index >= 15 is 0 Å². The van der Waals surface area contributed by atoms with Gasteiger partial charge in [0.25, 0.3) is 0 Å². The van der Waals surface area contributed by atoms with Crippen LogP contribution in [0.5, 0.6) is 0 Å². The molecule has 1 aromatic heterocycles. The number of benzene rings is 1. The molecule has 0 bridgehead atoms. The molecule has 1 N–H and O–H groups in total. The van der Waals surface area contributed by atoms with E-state index in [1.165, 1.54) is 0 Å². The number of thiol groups is 1. The average molecular weight is 214 g/mol. The fourth-order valence-corrected chi connectivity index (χ4v) is 1.62. The van der Waals surface area contributed by atoms with Crippen LogP contribution in [0, 0.1) is 5.41 Å². The number of hydrogen-bond acceptors (Lipinski definition) is 2. The van der Waals surface area contributed by atoms with Crippen molar-refractivity contribution in [2.24, 2.45) is 0 Å². The van der Waals surface area contributed by atoms with Crippen molar-refractivity contribution in [2.45, 2.75) is 0 Å². The largest absolute Gasteiger partial charge is 0.292 e. The maximum atomic E-state index is 7.53. The maximum absolute atomic E-state index is 7.53. The van der Waals surface area contributed by atoms with Gasteiger partial charge >= 0.3 is 0 Å². The first-order valence-electron chi connectivity index (χ1n) is 4.57. The van der Waals surface area contributed by atoms with E-state index in [1.54, 1.807) is 6.20 Å². The number of hydrogen-bond donors (Lipinski definition) is 2. The highest BCUT2D eigenvalue weighted by Crippen LogP contribution is 2.22. The second-order valence-corrected chi connectivity index (χ2v) is 3.56. The summed E-state index contributed by atoms with van der Waals surface area (Å²) in [7, 11) is 0. The van der Waals surface area contributed by atoms with Gasteiger partial charge in [0.05, 0.1) is 0 Å². The van der Waals surface area contributed by atoms with Gasteiger partial charge in [-0.05, 0) is 11.6 Å². The second-order valence-electron chi connectivity index (χ2n) is 3.11. The lowest BCUT2D eigenvalue weighted by Crippen LogP contribution is -1.97. The van der Waals surface area contributed by atoms with Crippen LogP contribution in [0.25, 0.3) is 11.1 Å². The van der Waals surface area contributed by atoms with Crippen molar-refractivity contribution in [1.82, 2.24) is 4.98 Å². The number of nitrogens with one attached hydrogen (secondary N) is 1. The molecule has 0 unspecified atom stereocenters. The normalized spacial score (nSPS) is 9.93. The van der Waals surface area contributed by atoms with Gasteiger partial charge in [0.1, 0.15) is 10.7 Å². The van der Waals surface area contributed by atoms with E-state index in [-0.39, 0.29) is 5.04 Å². The summed E-state index contributed by atoms with van der Waals surface area (Å²) in [5.41, 5.74) is 2.62. The van der Waals surface area contributed by atoms with E-state index in [4.69, 9.17) is 5.41 Å². The number of rotatable bonds is 2. The summed E-state index contributed by atoms with van der Waals surface area (Å²) in [4.78, 5) is 4.15. The van der Waals surface area contributed by atoms with E-state index in [0.717, 1.165) is 11.1 Å². The minimum Gasteiger partial charge on any atom is -0.292 e. The Labute approximate surface area is 93.9 Å². The molecule has 0 spiro atoms. The van der Waals surface area contributed by atoms with Crippen LogP contribution in [0.15, 0.2) is 48.7 Å². The quantitative estimate of drug-likeness (QED) is 0.450. The first-order chi connectivity index (χ1) is 7.29. The Kier molecular flexibility index (Phi) is 2.83. The molecule has 3 heteroatoms. The highest BCUT2D eigenvalue weighted by atomic mass is 32.1. The zero-order valence-electron chi connectivity index (χ0n) is 8.01. The number of aromatic nitrogens is 1. The molecule has 1 aromatic carbocycles. The van der Waals surface area contributed by atoms with E-state index in [0.29, 0.717) is 5.69 Å². The van der Waals surface area contributed by atoms with Gasteiger partial charge < -0.3 is 0 Å². The molecule has 0 aliphatic rings. The first kappa shape index (κ1) is 9.93. The molecule has 0 saturated carbocycles. The fourth-order valence-electron chi connectivity index (χ4n) is 1.44.